The van der Waals surface area contributed by atoms with E-state index < -0.39 is 35.2 Å². The van der Waals surface area contributed by atoms with Crippen molar-refractivity contribution in [3.8, 4) is 0 Å². The highest BCUT2D eigenvalue weighted by Crippen LogP contribution is 2.43. The first kappa shape index (κ1) is 23.9. The van der Waals surface area contributed by atoms with Crippen molar-refractivity contribution >= 4 is 44.3 Å². The third-order valence-corrected chi connectivity index (χ3v) is 6.48. The molecule has 0 spiro atoms. The molecule has 0 radical (unpaired) electrons. The molecule has 5 nitrogen and oxygen atoms in total. The Morgan fingerprint density at radius 1 is 1.03 bits per heavy atom. The number of nitrogens with zero attached hydrogens (tertiary/aromatic N) is 1. The van der Waals surface area contributed by atoms with Gasteiger partial charge in [0.2, 0.25) is 5.78 Å². The van der Waals surface area contributed by atoms with Crippen LogP contribution in [0.4, 0.5) is 18.9 Å². The van der Waals surface area contributed by atoms with Crippen LogP contribution in [0.25, 0.3) is 11.0 Å². The second kappa shape index (κ2) is 8.67. The van der Waals surface area contributed by atoms with E-state index in [1.165, 1.54) is 6.07 Å². The SMILES string of the molecule is Cc1cccc(C2C(C(=O)c3cc4cc(Br)ccc4o3)=C(O)C(=O)N2c2ccc(C(F)(F)F)cc2)c1. The number of aliphatic hydroxyl groups excluding tert-OH is 1. The molecule has 36 heavy (non-hydrogen) atoms. The molecule has 4 aromatic rings. The number of amides is 1. The van der Waals surface area contributed by atoms with Crippen LogP contribution in [0, 0.1) is 6.92 Å². The average molecular weight is 556 g/mol. The maximum absolute atomic E-state index is 13.6. The molecule has 0 saturated carbocycles. The van der Waals surface area contributed by atoms with Crippen LogP contribution in [0.2, 0.25) is 0 Å². The number of halogens is 4. The topological polar surface area (TPSA) is 70.7 Å². The lowest BCUT2D eigenvalue weighted by atomic mass is 9.93. The van der Waals surface area contributed by atoms with Gasteiger partial charge in [-0.2, -0.15) is 13.2 Å². The number of anilines is 1. The minimum absolute atomic E-state index is 0.0793. The molecule has 2 heterocycles. The van der Waals surface area contributed by atoms with E-state index in [-0.39, 0.29) is 17.0 Å². The average Bonchev–Trinajstić information content (AvgIpc) is 3.36. The molecule has 1 amide bonds. The summed E-state index contributed by atoms with van der Waals surface area (Å²) in [6, 6.07) is 16.6. The summed E-state index contributed by atoms with van der Waals surface area (Å²) in [7, 11) is 0. The zero-order valence-corrected chi connectivity index (χ0v) is 20.2. The van der Waals surface area contributed by atoms with Gasteiger partial charge in [-0.3, -0.25) is 14.5 Å². The third kappa shape index (κ3) is 4.09. The maximum atomic E-state index is 13.6. The van der Waals surface area contributed by atoms with Crippen molar-refractivity contribution in [3.05, 3.63) is 111 Å². The van der Waals surface area contributed by atoms with E-state index >= 15 is 0 Å². The van der Waals surface area contributed by atoms with Crippen molar-refractivity contribution in [2.24, 2.45) is 0 Å². The first-order valence-electron chi connectivity index (χ1n) is 10.8. The number of Topliss-reactive ketones (excluding diaryl/α,β-unsaturated/α-hetero) is 1. The summed E-state index contributed by atoms with van der Waals surface area (Å²) in [6.45, 7) is 1.82. The van der Waals surface area contributed by atoms with E-state index in [9.17, 15) is 27.9 Å². The lowest BCUT2D eigenvalue weighted by Crippen LogP contribution is -2.31. The highest BCUT2D eigenvalue weighted by Gasteiger charge is 2.45. The smallest absolute Gasteiger partial charge is 0.416 e. The zero-order chi connectivity index (χ0) is 25.8. The summed E-state index contributed by atoms with van der Waals surface area (Å²) in [4.78, 5) is 28.0. The number of hydrogen-bond acceptors (Lipinski definition) is 4. The fourth-order valence-electron chi connectivity index (χ4n) is 4.33. The van der Waals surface area contributed by atoms with Gasteiger partial charge in [-0.1, -0.05) is 45.8 Å². The molecular formula is C27H17BrF3NO4. The number of benzene rings is 3. The quantitative estimate of drug-likeness (QED) is 0.268. The molecule has 0 fully saturated rings. The predicted octanol–water partition coefficient (Wildman–Crippen LogP) is 7.31. The lowest BCUT2D eigenvalue weighted by Gasteiger charge is -2.27. The van der Waals surface area contributed by atoms with Gasteiger partial charge in [0.1, 0.15) is 5.58 Å². The Morgan fingerprint density at radius 3 is 2.42 bits per heavy atom. The molecule has 0 saturated heterocycles. The van der Waals surface area contributed by atoms with Crippen molar-refractivity contribution in [2.45, 2.75) is 19.1 Å². The Hall–Kier alpha value is -3.85. The van der Waals surface area contributed by atoms with Crippen LogP contribution in [-0.2, 0) is 11.0 Å². The molecule has 182 valence electrons. The van der Waals surface area contributed by atoms with Crippen LogP contribution in [0.1, 0.15) is 33.3 Å². The minimum atomic E-state index is -4.55. The Kier molecular flexibility index (Phi) is 5.75. The molecule has 1 unspecified atom stereocenters. The van der Waals surface area contributed by atoms with Crippen molar-refractivity contribution in [2.75, 3.05) is 4.90 Å². The van der Waals surface area contributed by atoms with Gasteiger partial charge in [0.15, 0.2) is 11.5 Å². The van der Waals surface area contributed by atoms with Gasteiger partial charge >= 0.3 is 6.18 Å². The minimum Gasteiger partial charge on any atom is -0.503 e. The van der Waals surface area contributed by atoms with E-state index in [4.69, 9.17) is 4.42 Å². The van der Waals surface area contributed by atoms with E-state index in [0.29, 0.717) is 16.5 Å². The van der Waals surface area contributed by atoms with Gasteiger partial charge in [-0.25, -0.2) is 0 Å². The maximum Gasteiger partial charge on any atom is 0.416 e. The zero-order valence-electron chi connectivity index (χ0n) is 18.6. The summed E-state index contributed by atoms with van der Waals surface area (Å²) >= 11 is 3.36. The van der Waals surface area contributed by atoms with Crippen LogP contribution in [0.5, 0.6) is 0 Å². The molecule has 1 atom stereocenters. The van der Waals surface area contributed by atoms with Crippen molar-refractivity contribution in [1.29, 1.82) is 0 Å². The Labute approximate surface area is 211 Å². The number of carbonyl (C=O) groups excluding carboxylic acids is 2. The van der Waals surface area contributed by atoms with Crippen LogP contribution in [0.15, 0.2) is 93.0 Å². The molecule has 3 aromatic carbocycles. The van der Waals surface area contributed by atoms with Crippen molar-refractivity contribution in [3.63, 3.8) is 0 Å². The van der Waals surface area contributed by atoms with Crippen LogP contribution in [-0.4, -0.2) is 16.8 Å². The fraction of sp³-hybridized carbons (Fsp3) is 0.111. The fourth-order valence-corrected chi connectivity index (χ4v) is 4.71. The normalized spacial score (nSPS) is 16.3. The number of furan rings is 1. The summed E-state index contributed by atoms with van der Waals surface area (Å²) in [5, 5.41) is 11.5. The second-order valence-electron chi connectivity index (χ2n) is 8.42. The van der Waals surface area contributed by atoms with E-state index in [1.807, 2.05) is 13.0 Å². The third-order valence-electron chi connectivity index (χ3n) is 5.99. The van der Waals surface area contributed by atoms with Crippen molar-refractivity contribution < 1.29 is 32.3 Å². The van der Waals surface area contributed by atoms with Gasteiger partial charge in [0.25, 0.3) is 5.91 Å². The largest absolute Gasteiger partial charge is 0.503 e. The number of aliphatic hydroxyl groups is 1. The first-order chi connectivity index (χ1) is 17.0. The van der Waals surface area contributed by atoms with Crippen LogP contribution < -0.4 is 4.90 Å². The number of ketones is 1. The standard InChI is InChI=1S/C27H17BrF3NO4/c1-14-3-2-4-15(11-14)23-22(24(33)21-13-16-12-18(28)7-10-20(16)36-21)25(34)26(35)32(23)19-8-5-17(6-9-19)27(29,30)31/h2-13,23,34H,1H3. The van der Waals surface area contributed by atoms with Crippen LogP contribution >= 0.6 is 15.9 Å². The van der Waals surface area contributed by atoms with Gasteiger partial charge in [-0.15, -0.1) is 0 Å². The van der Waals surface area contributed by atoms with Gasteiger partial charge in [-0.05, 0) is 61.0 Å². The number of rotatable bonds is 4. The highest BCUT2D eigenvalue weighted by molar-refractivity contribution is 9.10. The summed E-state index contributed by atoms with van der Waals surface area (Å²) in [6.07, 6.45) is -4.55. The number of aryl methyl sites for hydroxylation is 1. The van der Waals surface area contributed by atoms with Crippen LogP contribution in [0.3, 0.4) is 0 Å². The van der Waals surface area contributed by atoms with Gasteiger partial charge < -0.3 is 9.52 Å². The Bertz CT molecular complexity index is 1550. The number of alkyl halides is 3. The Morgan fingerprint density at radius 2 is 1.75 bits per heavy atom. The number of fused-ring (bicyclic) bond motifs is 1. The summed E-state index contributed by atoms with van der Waals surface area (Å²) in [5.41, 5.74) is 0.782. The van der Waals surface area contributed by atoms with Gasteiger partial charge in [0.05, 0.1) is 17.2 Å². The molecule has 0 aliphatic carbocycles. The lowest BCUT2D eigenvalue weighted by molar-refractivity contribution is -0.137. The molecule has 1 aliphatic rings. The molecular weight excluding hydrogens is 539 g/mol. The van der Waals surface area contributed by atoms with E-state index in [0.717, 1.165) is 39.2 Å². The highest BCUT2D eigenvalue weighted by atomic mass is 79.9. The molecule has 9 heteroatoms. The molecule has 1 aromatic heterocycles. The molecule has 5 rings (SSSR count). The molecule has 1 N–H and O–H groups in total. The van der Waals surface area contributed by atoms with E-state index in [2.05, 4.69) is 15.9 Å². The summed E-state index contributed by atoms with van der Waals surface area (Å²) < 4.78 is 45.8. The van der Waals surface area contributed by atoms with E-state index in [1.54, 1.807) is 36.4 Å². The number of carbonyl (C=O) groups is 2. The molecule has 0 bridgehead atoms. The molecule has 1 aliphatic heterocycles. The summed E-state index contributed by atoms with van der Waals surface area (Å²) in [5.74, 6) is -2.46. The Balaban J connectivity index is 1.63. The monoisotopic (exact) mass is 555 g/mol. The predicted molar refractivity (Wildman–Crippen MR) is 131 cm³/mol. The second-order valence-corrected chi connectivity index (χ2v) is 9.34. The van der Waals surface area contributed by atoms with Crippen molar-refractivity contribution in [1.82, 2.24) is 0 Å². The number of hydrogen-bond donors (Lipinski definition) is 1. The first-order valence-corrected chi connectivity index (χ1v) is 11.6. The van der Waals surface area contributed by atoms with Gasteiger partial charge in [0, 0.05) is 15.5 Å².